The first-order valence-electron chi connectivity index (χ1n) is 7.90. The van der Waals surface area contributed by atoms with Crippen molar-refractivity contribution in [3.63, 3.8) is 0 Å². The summed E-state index contributed by atoms with van der Waals surface area (Å²) in [6.07, 6.45) is 6.63. The van der Waals surface area contributed by atoms with Crippen molar-refractivity contribution in [3.05, 3.63) is 53.6 Å². The molecule has 4 heteroatoms. The zero-order valence-corrected chi connectivity index (χ0v) is 12.3. The summed E-state index contributed by atoms with van der Waals surface area (Å²) in [6.45, 7) is 3.62. The molecule has 0 saturated heterocycles. The van der Waals surface area contributed by atoms with Crippen LogP contribution in [0.2, 0.25) is 0 Å². The fraction of sp³-hybridized carbons (Fsp3) is 0.471. The number of aromatic nitrogens is 2. The first kappa shape index (κ1) is 13.0. The molecule has 2 N–H and O–H groups in total. The Hall–Kier alpha value is -1.65. The minimum absolute atomic E-state index is 0.312. The highest BCUT2D eigenvalue weighted by Gasteiger charge is 2.31. The molecule has 2 aromatic rings. The van der Waals surface area contributed by atoms with E-state index in [4.69, 9.17) is 5.73 Å². The normalized spacial score (nSPS) is 20.2. The standard InChI is InChI=1S/C17H22N4/c18-11-16(15-4-2-1-3-14(15)13-5-6-13)21-10-9-20-8-7-19-17(20)12-21/h1-4,7-8,13,16H,5-6,9-12,18H2. The summed E-state index contributed by atoms with van der Waals surface area (Å²) in [5.74, 6) is 1.92. The molecule has 0 spiro atoms. The molecule has 2 heterocycles. The zero-order chi connectivity index (χ0) is 14.2. The topological polar surface area (TPSA) is 47.1 Å². The highest BCUT2D eigenvalue weighted by Crippen LogP contribution is 2.43. The van der Waals surface area contributed by atoms with Gasteiger partial charge in [0.05, 0.1) is 6.54 Å². The van der Waals surface area contributed by atoms with E-state index in [1.165, 1.54) is 24.0 Å². The van der Waals surface area contributed by atoms with Crippen molar-refractivity contribution in [3.8, 4) is 0 Å². The first-order chi connectivity index (χ1) is 10.4. The molecule has 2 aliphatic rings. The molecular weight excluding hydrogens is 260 g/mol. The minimum Gasteiger partial charge on any atom is -0.333 e. The van der Waals surface area contributed by atoms with Crippen molar-refractivity contribution in [1.29, 1.82) is 0 Å². The lowest BCUT2D eigenvalue weighted by Crippen LogP contribution is -2.40. The van der Waals surface area contributed by atoms with Crippen molar-refractivity contribution in [1.82, 2.24) is 14.5 Å². The molecule has 1 unspecified atom stereocenters. The van der Waals surface area contributed by atoms with E-state index >= 15 is 0 Å². The van der Waals surface area contributed by atoms with Gasteiger partial charge in [0.2, 0.25) is 0 Å². The van der Waals surface area contributed by atoms with Gasteiger partial charge in [0.25, 0.3) is 0 Å². The summed E-state index contributed by atoms with van der Waals surface area (Å²) in [6, 6.07) is 9.18. The van der Waals surface area contributed by atoms with Crippen molar-refractivity contribution in [2.24, 2.45) is 5.73 Å². The second-order valence-corrected chi connectivity index (χ2v) is 6.16. The summed E-state index contributed by atoms with van der Waals surface area (Å²) < 4.78 is 2.25. The maximum Gasteiger partial charge on any atom is 0.122 e. The fourth-order valence-electron chi connectivity index (χ4n) is 3.51. The number of imidazole rings is 1. The van der Waals surface area contributed by atoms with Gasteiger partial charge in [-0.15, -0.1) is 0 Å². The molecular formula is C17H22N4. The number of nitrogens with zero attached hydrogens (tertiary/aromatic N) is 3. The van der Waals surface area contributed by atoms with Crippen LogP contribution in [-0.2, 0) is 13.1 Å². The Morgan fingerprint density at radius 2 is 2.10 bits per heavy atom. The van der Waals surface area contributed by atoms with Gasteiger partial charge >= 0.3 is 0 Å². The summed E-state index contributed by atoms with van der Waals surface area (Å²) in [5.41, 5.74) is 9.10. The number of benzene rings is 1. The summed E-state index contributed by atoms with van der Waals surface area (Å²) in [5, 5.41) is 0. The number of hydrogen-bond donors (Lipinski definition) is 1. The molecule has 21 heavy (non-hydrogen) atoms. The Kier molecular flexibility index (Phi) is 3.28. The Morgan fingerprint density at radius 3 is 2.90 bits per heavy atom. The smallest absolute Gasteiger partial charge is 0.122 e. The second kappa shape index (κ2) is 5.28. The lowest BCUT2D eigenvalue weighted by Gasteiger charge is -2.35. The summed E-state index contributed by atoms with van der Waals surface area (Å²) >= 11 is 0. The van der Waals surface area contributed by atoms with Crippen molar-refractivity contribution >= 4 is 0 Å². The van der Waals surface area contributed by atoms with E-state index in [-0.39, 0.29) is 0 Å². The molecule has 1 aliphatic heterocycles. The average molecular weight is 282 g/mol. The molecule has 1 aliphatic carbocycles. The first-order valence-corrected chi connectivity index (χ1v) is 7.90. The molecule has 0 amide bonds. The van der Waals surface area contributed by atoms with Gasteiger partial charge in [-0.3, -0.25) is 4.90 Å². The maximum atomic E-state index is 6.15. The predicted molar refractivity (Wildman–Crippen MR) is 82.8 cm³/mol. The lowest BCUT2D eigenvalue weighted by atomic mass is 9.95. The van der Waals surface area contributed by atoms with Crippen LogP contribution >= 0.6 is 0 Å². The number of fused-ring (bicyclic) bond motifs is 1. The number of nitrogens with two attached hydrogens (primary N) is 1. The minimum atomic E-state index is 0.312. The Bertz CT molecular complexity index is 629. The Balaban J connectivity index is 1.63. The van der Waals surface area contributed by atoms with Crippen molar-refractivity contribution in [2.75, 3.05) is 13.1 Å². The zero-order valence-electron chi connectivity index (χ0n) is 12.3. The van der Waals surface area contributed by atoms with Crippen molar-refractivity contribution < 1.29 is 0 Å². The molecule has 1 saturated carbocycles. The van der Waals surface area contributed by atoms with E-state index in [1.807, 2.05) is 6.20 Å². The average Bonchev–Trinajstić information content (AvgIpc) is 3.26. The van der Waals surface area contributed by atoms with Gasteiger partial charge in [-0.1, -0.05) is 24.3 Å². The maximum absolute atomic E-state index is 6.15. The third kappa shape index (κ3) is 2.39. The quantitative estimate of drug-likeness (QED) is 0.936. The van der Waals surface area contributed by atoms with Crippen LogP contribution < -0.4 is 5.73 Å². The molecule has 0 bridgehead atoms. The van der Waals surface area contributed by atoms with E-state index in [0.717, 1.165) is 31.4 Å². The van der Waals surface area contributed by atoms with E-state index in [2.05, 4.69) is 44.9 Å². The SMILES string of the molecule is NCC(c1ccccc1C1CC1)N1CCn2ccnc2C1. The number of hydrogen-bond acceptors (Lipinski definition) is 3. The van der Waals surface area contributed by atoms with Gasteiger partial charge in [0.15, 0.2) is 0 Å². The Labute approximate surface area is 125 Å². The van der Waals surface area contributed by atoms with Gasteiger partial charge in [-0.05, 0) is 29.9 Å². The molecule has 0 radical (unpaired) electrons. The Morgan fingerprint density at radius 1 is 1.24 bits per heavy atom. The van der Waals surface area contributed by atoms with Crippen LogP contribution in [0.15, 0.2) is 36.7 Å². The molecule has 1 atom stereocenters. The van der Waals surface area contributed by atoms with Crippen LogP contribution in [0.5, 0.6) is 0 Å². The molecule has 1 fully saturated rings. The van der Waals surface area contributed by atoms with Crippen molar-refractivity contribution in [2.45, 2.75) is 37.9 Å². The van der Waals surface area contributed by atoms with Gasteiger partial charge in [0, 0.05) is 38.1 Å². The van der Waals surface area contributed by atoms with Crippen LogP contribution in [-0.4, -0.2) is 27.5 Å². The second-order valence-electron chi connectivity index (χ2n) is 6.16. The lowest BCUT2D eigenvalue weighted by molar-refractivity contribution is 0.155. The molecule has 4 rings (SSSR count). The summed E-state index contributed by atoms with van der Waals surface area (Å²) in [7, 11) is 0. The van der Waals surface area contributed by atoms with Crippen LogP contribution in [0, 0.1) is 0 Å². The van der Waals surface area contributed by atoms with Crippen LogP contribution in [0.4, 0.5) is 0 Å². The van der Waals surface area contributed by atoms with Gasteiger partial charge in [0.1, 0.15) is 5.82 Å². The van der Waals surface area contributed by atoms with Crippen LogP contribution in [0.25, 0.3) is 0 Å². The number of rotatable bonds is 4. The van der Waals surface area contributed by atoms with E-state index < -0.39 is 0 Å². The third-order valence-electron chi connectivity index (χ3n) is 4.81. The van der Waals surface area contributed by atoms with E-state index in [0.29, 0.717) is 12.6 Å². The largest absolute Gasteiger partial charge is 0.333 e. The van der Waals surface area contributed by atoms with Gasteiger partial charge in [-0.25, -0.2) is 4.98 Å². The van der Waals surface area contributed by atoms with Gasteiger partial charge < -0.3 is 10.3 Å². The third-order valence-corrected chi connectivity index (χ3v) is 4.81. The molecule has 1 aromatic carbocycles. The van der Waals surface area contributed by atoms with Gasteiger partial charge in [-0.2, -0.15) is 0 Å². The van der Waals surface area contributed by atoms with Crippen LogP contribution in [0.1, 0.15) is 41.8 Å². The fourth-order valence-corrected chi connectivity index (χ4v) is 3.51. The monoisotopic (exact) mass is 282 g/mol. The van der Waals surface area contributed by atoms with E-state index in [9.17, 15) is 0 Å². The molecule has 110 valence electrons. The van der Waals surface area contributed by atoms with E-state index in [1.54, 1.807) is 0 Å². The highest BCUT2D eigenvalue weighted by molar-refractivity contribution is 5.36. The van der Waals surface area contributed by atoms with Crippen LogP contribution in [0.3, 0.4) is 0 Å². The highest BCUT2D eigenvalue weighted by atomic mass is 15.3. The molecule has 4 nitrogen and oxygen atoms in total. The molecule has 1 aromatic heterocycles. The predicted octanol–water partition coefficient (Wildman–Crippen LogP) is 2.28. The summed E-state index contributed by atoms with van der Waals surface area (Å²) in [4.78, 5) is 6.96.